The highest BCUT2D eigenvalue weighted by Crippen LogP contribution is 2.26. The van der Waals surface area contributed by atoms with Crippen LogP contribution in [0.1, 0.15) is 39.0 Å². The van der Waals surface area contributed by atoms with E-state index in [2.05, 4.69) is 0 Å². The van der Waals surface area contributed by atoms with Gasteiger partial charge in [-0.05, 0) is 74.8 Å². The van der Waals surface area contributed by atoms with Crippen molar-refractivity contribution in [1.29, 1.82) is 0 Å². The third-order valence-electron chi connectivity index (χ3n) is 6.72. The number of carbonyl (C=O) groups excluding carboxylic acids is 1. The summed E-state index contributed by atoms with van der Waals surface area (Å²) in [6, 6.07) is 10.6. The lowest BCUT2D eigenvalue weighted by molar-refractivity contribution is -0.131. The number of pyridine rings is 1. The van der Waals surface area contributed by atoms with Crippen molar-refractivity contribution >= 4 is 15.7 Å². The van der Waals surface area contributed by atoms with Crippen molar-refractivity contribution in [2.24, 2.45) is 5.92 Å². The van der Waals surface area contributed by atoms with Crippen molar-refractivity contribution in [3.63, 3.8) is 0 Å². The molecule has 1 aliphatic carbocycles. The van der Waals surface area contributed by atoms with E-state index < -0.39 is 20.5 Å². The molecular weight excluding hydrogens is 460 g/mol. The Morgan fingerprint density at radius 2 is 1.82 bits per heavy atom. The lowest BCUT2D eigenvalue weighted by Gasteiger charge is -2.25. The summed E-state index contributed by atoms with van der Waals surface area (Å²) in [5, 5.41) is 18.6. The molecule has 0 unspecified atom stereocenters. The summed E-state index contributed by atoms with van der Waals surface area (Å²) in [6.07, 6.45) is 5.57. The van der Waals surface area contributed by atoms with Gasteiger partial charge in [0.25, 0.3) is 11.5 Å². The van der Waals surface area contributed by atoms with Crippen LogP contribution in [0.4, 0.5) is 0 Å². The summed E-state index contributed by atoms with van der Waals surface area (Å²) in [6.45, 7) is 1.78. The highest BCUT2D eigenvalue weighted by atomic mass is 32.2. The number of aromatic nitrogens is 1. The molecule has 1 fully saturated rings. The van der Waals surface area contributed by atoms with Gasteiger partial charge in [-0.3, -0.25) is 14.8 Å². The predicted octanol–water partition coefficient (Wildman–Crippen LogP) is 2.14. The molecule has 1 atom stereocenters. The monoisotopic (exact) mass is 492 g/mol. The molecule has 0 radical (unpaired) electrons. The average Bonchev–Trinajstić information content (AvgIpc) is 2.82. The topological polar surface area (TPSA) is 135 Å². The molecule has 2 aromatic rings. The van der Waals surface area contributed by atoms with Crippen LogP contribution in [-0.4, -0.2) is 52.9 Å². The third kappa shape index (κ3) is 5.86. The van der Waals surface area contributed by atoms with Gasteiger partial charge in [-0.2, -0.15) is 0 Å². The highest BCUT2D eigenvalue weighted by molar-refractivity contribution is 7.92. The van der Waals surface area contributed by atoms with E-state index in [1.54, 1.807) is 36.4 Å². The van der Waals surface area contributed by atoms with Crippen molar-refractivity contribution in [3.05, 3.63) is 52.9 Å². The zero-order valence-electron chi connectivity index (χ0n) is 19.4. The molecule has 1 aromatic carbocycles. The number of aryl methyl sites for hydroxylation is 1. The number of hydroxylamine groups is 1. The van der Waals surface area contributed by atoms with E-state index in [9.17, 15) is 23.1 Å². The van der Waals surface area contributed by atoms with Crippen molar-refractivity contribution in [2.75, 3.05) is 12.9 Å². The Balaban J connectivity index is 1.70. The zero-order chi connectivity index (χ0) is 24.9. The summed E-state index contributed by atoms with van der Waals surface area (Å²) in [5.74, 6) is 0.0826. The first-order chi connectivity index (χ1) is 16.0. The Bertz CT molecular complexity index is 1150. The van der Waals surface area contributed by atoms with E-state index >= 15 is 0 Å². The highest BCUT2D eigenvalue weighted by Gasteiger charge is 2.43. The van der Waals surface area contributed by atoms with E-state index in [-0.39, 0.29) is 24.6 Å². The number of nitrogens with zero attached hydrogens (tertiary/aromatic N) is 1. The molecule has 3 rings (SSSR count). The van der Waals surface area contributed by atoms with Crippen molar-refractivity contribution in [3.8, 4) is 16.9 Å². The van der Waals surface area contributed by atoms with Gasteiger partial charge in [0.05, 0.1) is 12.7 Å². The fourth-order valence-electron chi connectivity index (χ4n) is 4.11. The van der Waals surface area contributed by atoms with Crippen LogP contribution in [-0.2, 0) is 21.2 Å². The minimum absolute atomic E-state index is 0.0268. The molecule has 1 aliphatic rings. The molecule has 3 N–H and O–H groups in total. The standard InChI is InChI=1S/C24H32N2O7S/c1-24(23(29)25-30,34(2,31)32)13-15-26-14-3-4-21(22(26)28)18-7-11-20(12-8-18)33-16-17-5-9-19(27)10-6-17/h3-4,7-8,11-12,14,17,19,27,30H,5-6,9-10,13,15-16H2,1-2H3,(H,25,29)/t17-,19-,24-/m1/s1. The lowest BCUT2D eigenvalue weighted by atomic mass is 9.88. The fraction of sp³-hybridized carbons (Fsp3) is 0.500. The predicted molar refractivity (Wildman–Crippen MR) is 127 cm³/mol. The second kappa shape index (κ2) is 10.7. The number of ether oxygens (including phenoxy) is 1. The van der Waals surface area contributed by atoms with Gasteiger partial charge in [-0.1, -0.05) is 12.1 Å². The van der Waals surface area contributed by atoms with Crippen LogP contribution in [0.5, 0.6) is 5.75 Å². The van der Waals surface area contributed by atoms with Crippen LogP contribution in [0.3, 0.4) is 0 Å². The first-order valence-corrected chi connectivity index (χ1v) is 13.2. The van der Waals surface area contributed by atoms with Gasteiger partial charge in [0.15, 0.2) is 14.6 Å². The Labute approximate surface area is 199 Å². The van der Waals surface area contributed by atoms with E-state index in [0.717, 1.165) is 31.9 Å². The Morgan fingerprint density at radius 1 is 1.18 bits per heavy atom. The van der Waals surface area contributed by atoms with Crippen molar-refractivity contribution in [2.45, 2.75) is 56.4 Å². The number of nitrogens with one attached hydrogen (secondary N) is 1. The second-order valence-corrected chi connectivity index (χ2v) is 11.6. The number of aliphatic hydroxyl groups is 1. The lowest BCUT2D eigenvalue weighted by Crippen LogP contribution is -2.50. The average molecular weight is 493 g/mol. The van der Waals surface area contributed by atoms with Gasteiger partial charge in [-0.25, -0.2) is 13.9 Å². The smallest absolute Gasteiger partial charge is 0.264 e. The third-order valence-corrected chi connectivity index (χ3v) is 8.74. The second-order valence-electron chi connectivity index (χ2n) is 9.12. The number of hydrogen-bond donors (Lipinski definition) is 3. The van der Waals surface area contributed by atoms with Crippen LogP contribution >= 0.6 is 0 Å². The Hall–Kier alpha value is -2.69. The normalized spacial score (nSPS) is 20.4. The summed E-state index contributed by atoms with van der Waals surface area (Å²) >= 11 is 0. The maximum absolute atomic E-state index is 13.0. The van der Waals surface area contributed by atoms with Crippen LogP contribution in [0.2, 0.25) is 0 Å². The zero-order valence-corrected chi connectivity index (χ0v) is 20.3. The van der Waals surface area contributed by atoms with E-state index in [1.165, 1.54) is 23.2 Å². The quantitative estimate of drug-likeness (QED) is 0.361. The SMILES string of the molecule is C[C@@](CCn1cccc(-c2ccc(OC[C@H]3CC[C@H](O)CC3)cc2)c1=O)(C(=O)NO)S(C)(=O)=O. The van der Waals surface area contributed by atoms with Gasteiger partial charge in [-0.15, -0.1) is 0 Å². The van der Waals surface area contributed by atoms with Gasteiger partial charge in [0, 0.05) is 24.6 Å². The first-order valence-electron chi connectivity index (χ1n) is 11.3. The molecule has 10 heteroatoms. The molecule has 186 valence electrons. The summed E-state index contributed by atoms with van der Waals surface area (Å²) in [4.78, 5) is 25.1. The number of amides is 1. The molecular formula is C24H32N2O7S. The molecule has 9 nitrogen and oxygen atoms in total. The number of benzene rings is 1. The maximum atomic E-state index is 13.0. The fourth-order valence-corrected chi connectivity index (χ4v) is 4.95. The minimum Gasteiger partial charge on any atom is -0.493 e. The number of sulfone groups is 1. The van der Waals surface area contributed by atoms with Crippen LogP contribution in [0.15, 0.2) is 47.4 Å². The molecule has 1 heterocycles. The maximum Gasteiger partial charge on any atom is 0.264 e. The van der Waals surface area contributed by atoms with Crippen LogP contribution in [0.25, 0.3) is 11.1 Å². The molecule has 34 heavy (non-hydrogen) atoms. The van der Waals surface area contributed by atoms with Gasteiger partial charge < -0.3 is 14.4 Å². The van der Waals surface area contributed by atoms with E-state index in [0.29, 0.717) is 29.4 Å². The largest absolute Gasteiger partial charge is 0.493 e. The Morgan fingerprint density at radius 3 is 2.41 bits per heavy atom. The molecule has 1 amide bonds. The van der Waals surface area contributed by atoms with Crippen LogP contribution < -0.4 is 15.8 Å². The van der Waals surface area contributed by atoms with Gasteiger partial charge in [0.1, 0.15) is 5.75 Å². The molecule has 0 spiro atoms. The number of carbonyl (C=O) groups is 1. The summed E-state index contributed by atoms with van der Waals surface area (Å²) in [5.41, 5.74) is 2.21. The van der Waals surface area contributed by atoms with Crippen molar-refractivity contribution in [1.82, 2.24) is 10.0 Å². The van der Waals surface area contributed by atoms with E-state index in [1.807, 2.05) is 0 Å². The minimum atomic E-state index is -3.86. The van der Waals surface area contributed by atoms with E-state index in [4.69, 9.17) is 9.94 Å². The number of aliphatic hydroxyl groups excluding tert-OH is 1. The molecule has 1 saturated carbocycles. The first kappa shape index (κ1) is 25.9. The molecule has 0 saturated heterocycles. The summed E-state index contributed by atoms with van der Waals surface area (Å²) in [7, 11) is -3.86. The van der Waals surface area contributed by atoms with Crippen LogP contribution in [0, 0.1) is 5.92 Å². The summed E-state index contributed by atoms with van der Waals surface area (Å²) < 4.78 is 29.7. The molecule has 1 aromatic heterocycles. The number of rotatable bonds is 9. The van der Waals surface area contributed by atoms with Gasteiger partial charge in [0.2, 0.25) is 0 Å². The number of hydrogen-bond acceptors (Lipinski definition) is 7. The van der Waals surface area contributed by atoms with Gasteiger partial charge >= 0.3 is 0 Å². The molecule has 0 aliphatic heterocycles. The van der Waals surface area contributed by atoms with Crippen molar-refractivity contribution < 1.29 is 28.3 Å². The molecule has 0 bridgehead atoms. The Kier molecular flexibility index (Phi) is 8.17.